The number of rotatable bonds is 5. The van der Waals surface area contributed by atoms with Gasteiger partial charge in [-0.25, -0.2) is 0 Å². The first-order valence-corrected chi connectivity index (χ1v) is 6.47. The maximum atomic E-state index is 12.3. The van der Waals surface area contributed by atoms with E-state index < -0.39 is 6.36 Å². The SMILES string of the molecule is CCNC(c1cccc(OC(F)(F)F)c1)c1ccnn1C. The summed E-state index contributed by atoms with van der Waals surface area (Å²) >= 11 is 0. The molecular weight excluding hydrogens is 283 g/mol. The smallest absolute Gasteiger partial charge is 0.406 e. The van der Waals surface area contributed by atoms with Crippen LogP contribution in [0, 0.1) is 0 Å². The second kappa shape index (κ2) is 6.17. The molecule has 0 saturated heterocycles. The van der Waals surface area contributed by atoms with Gasteiger partial charge >= 0.3 is 6.36 Å². The minimum absolute atomic E-state index is 0.231. The summed E-state index contributed by atoms with van der Waals surface area (Å²) in [7, 11) is 1.79. The summed E-state index contributed by atoms with van der Waals surface area (Å²) in [5.41, 5.74) is 1.54. The van der Waals surface area contributed by atoms with E-state index in [1.165, 1.54) is 18.2 Å². The van der Waals surface area contributed by atoms with E-state index in [0.717, 1.165) is 5.69 Å². The number of nitrogens with one attached hydrogen (secondary N) is 1. The molecule has 1 heterocycles. The van der Waals surface area contributed by atoms with Crippen LogP contribution in [0.1, 0.15) is 24.2 Å². The maximum absolute atomic E-state index is 12.3. The largest absolute Gasteiger partial charge is 0.573 e. The van der Waals surface area contributed by atoms with Crippen LogP contribution in [-0.2, 0) is 7.05 Å². The third kappa shape index (κ3) is 3.98. The van der Waals surface area contributed by atoms with E-state index in [0.29, 0.717) is 12.1 Å². The Bertz CT molecular complexity index is 595. The second-order valence-corrected chi connectivity index (χ2v) is 4.49. The zero-order valence-electron chi connectivity index (χ0n) is 11.7. The molecule has 2 aromatic rings. The summed E-state index contributed by atoms with van der Waals surface area (Å²) in [5.74, 6) is -0.231. The second-order valence-electron chi connectivity index (χ2n) is 4.49. The summed E-state index contributed by atoms with van der Waals surface area (Å²) in [5, 5.41) is 7.33. The van der Waals surface area contributed by atoms with Crippen molar-refractivity contribution in [3.63, 3.8) is 0 Å². The molecule has 7 heteroatoms. The Balaban J connectivity index is 2.33. The van der Waals surface area contributed by atoms with Crippen molar-refractivity contribution in [3.05, 3.63) is 47.8 Å². The molecular formula is C14H16F3N3O. The fourth-order valence-corrected chi connectivity index (χ4v) is 2.16. The zero-order chi connectivity index (χ0) is 15.5. The molecule has 1 aromatic heterocycles. The Hall–Kier alpha value is -2.02. The first-order chi connectivity index (χ1) is 9.90. The van der Waals surface area contributed by atoms with Crippen LogP contribution in [-0.4, -0.2) is 22.7 Å². The molecule has 1 aromatic carbocycles. The molecule has 0 saturated carbocycles. The third-order valence-corrected chi connectivity index (χ3v) is 2.99. The normalized spacial score (nSPS) is 13.2. The Morgan fingerprint density at radius 1 is 1.33 bits per heavy atom. The van der Waals surface area contributed by atoms with Crippen molar-refractivity contribution >= 4 is 0 Å². The molecule has 0 fully saturated rings. The summed E-state index contributed by atoms with van der Waals surface area (Å²) in [6.07, 6.45) is -3.05. The van der Waals surface area contributed by atoms with Crippen molar-refractivity contribution in [1.29, 1.82) is 0 Å². The van der Waals surface area contributed by atoms with Gasteiger partial charge in [-0.3, -0.25) is 4.68 Å². The van der Waals surface area contributed by atoms with E-state index in [4.69, 9.17) is 0 Å². The van der Waals surface area contributed by atoms with E-state index in [1.54, 1.807) is 24.0 Å². The molecule has 0 amide bonds. The van der Waals surface area contributed by atoms with Crippen LogP contribution in [0.25, 0.3) is 0 Å². The topological polar surface area (TPSA) is 39.1 Å². The lowest BCUT2D eigenvalue weighted by Gasteiger charge is -2.19. The standard InChI is InChI=1S/C14H16F3N3O/c1-3-18-13(12-7-8-19-20(12)2)10-5-4-6-11(9-10)21-14(15,16)17/h4-9,13,18H,3H2,1-2H3. The number of hydrogen-bond donors (Lipinski definition) is 1. The maximum Gasteiger partial charge on any atom is 0.573 e. The van der Waals surface area contributed by atoms with Gasteiger partial charge in [-0.2, -0.15) is 5.10 Å². The molecule has 1 N–H and O–H groups in total. The summed E-state index contributed by atoms with van der Waals surface area (Å²) < 4.78 is 42.6. The van der Waals surface area contributed by atoms with E-state index >= 15 is 0 Å². The molecule has 0 radical (unpaired) electrons. The lowest BCUT2D eigenvalue weighted by atomic mass is 10.0. The zero-order valence-corrected chi connectivity index (χ0v) is 11.7. The molecule has 0 aliphatic carbocycles. The lowest BCUT2D eigenvalue weighted by Crippen LogP contribution is -2.24. The van der Waals surface area contributed by atoms with Gasteiger partial charge in [0, 0.05) is 13.2 Å². The number of benzene rings is 1. The van der Waals surface area contributed by atoms with Gasteiger partial charge in [0.25, 0.3) is 0 Å². The predicted octanol–water partition coefficient (Wildman–Crippen LogP) is 3.02. The number of alkyl halides is 3. The van der Waals surface area contributed by atoms with Crippen molar-refractivity contribution in [2.75, 3.05) is 6.54 Å². The van der Waals surface area contributed by atoms with Gasteiger partial charge < -0.3 is 10.1 Å². The molecule has 21 heavy (non-hydrogen) atoms. The first-order valence-electron chi connectivity index (χ1n) is 6.47. The van der Waals surface area contributed by atoms with E-state index in [9.17, 15) is 13.2 Å². The van der Waals surface area contributed by atoms with Crippen LogP contribution in [0.4, 0.5) is 13.2 Å². The summed E-state index contributed by atoms with van der Waals surface area (Å²) in [4.78, 5) is 0. The van der Waals surface area contributed by atoms with Gasteiger partial charge in [0.2, 0.25) is 0 Å². The minimum atomic E-state index is -4.70. The number of nitrogens with zero attached hydrogens (tertiary/aromatic N) is 2. The Morgan fingerprint density at radius 2 is 2.10 bits per heavy atom. The highest BCUT2D eigenvalue weighted by Gasteiger charge is 2.31. The van der Waals surface area contributed by atoms with Crippen LogP contribution >= 0.6 is 0 Å². The molecule has 1 atom stereocenters. The van der Waals surface area contributed by atoms with Gasteiger partial charge in [-0.05, 0) is 30.3 Å². The highest BCUT2D eigenvalue weighted by Crippen LogP contribution is 2.28. The highest BCUT2D eigenvalue weighted by atomic mass is 19.4. The summed E-state index contributed by atoms with van der Waals surface area (Å²) in [6.45, 7) is 2.60. The Labute approximate surface area is 120 Å². The van der Waals surface area contributed by atoms with E-state index in [-0.39, 0.29) is 11.8 Å². The van der Waals surface area contributed by atoms with Crippen LogP contribution < -0.4 is 10.1 Å². The van der Waals surface area contributed by atoms with Crippen LogP contribution in [0.5, 0.6) is 5.75 Å². The Morgan fingerprint density at radius 3 is 2.67 bits per heavy atom. The molecule has 0 aliphatic rings. The molecule has 2 rings (SSSR count). The van der Waals surface area contributed by atoms with Crippen molar-refractivity contribution < 1.29 is 17.9 Å². The summed E-state index contributed by atoms with van der Waals surface area (Å²) in [6, 6.07) is 7.53. The number of aromatic nitrogens is 2. The third-order valence-electron chi connectivity index (χ3n) is 2.99. The van der Waals surface area contributed by atoms with E-state index in [1.807, 2.05) is 13.0 Å². The first kappa shape index (κ1) is 15.4. The molecule has 114 valence electrons. The van der Waals surface area contributed by atoms with Gasteiger partial charge in [0.1, 0.15) is 5.75 Å². The Kier molecular flexibility index (Phi) is 4.52. The number of ether oxygens (including phenoxy) is 1. The van der Waals surface area contributed by atoms with Crippen molar-refractivity contribution in [2.24, 2.45) is 7.05 Å². The van der Waals surface area contributed by atoms with Crippen molar-refractivity contribution in [2.45, 2.75) is 19.3 Å². The fraction of sp³-hybridized carbons (Fsp3) is 0.357. The molecule has 0 aliphatic heterocycles. The molecule has 4 nitrogen and oxygen atoms in total. The minimum Gasteiger partial charge on any atom is -0.406 e. The quantitative estimate of drug-likeness (QED) is 0.922. The number of aryl methyl sites for hydroxylation is 1. The molecule has 1 unspecified atom stereocenters. The average molecular weight is 299 g/mol. The van der Waals surface area contributed by atoms with E-state index in [2.05, 4.69) is 15.2 Å². The van der Waals surface area contributed by atoms with Gasteiger partial charge in [-0.15, -0.1) is 13.2 Å². The van der Waals surface area contributed by atoms with Crippen LogP contribution in [0.15, 0.2) is 36.5 Å². The molecule has 0 spiro atoms. The average Bonchev–Trinajstić information content (AvgIpc) is 2.80. The van der Waals surface area contributed by atoms with Crippen LogP contribution in [0.2, 0.25) is 0 Å². The van der Waals surface area contributed by atoms with Crippen LogP contribution in [0.3, 0.4) is 0 Å². The highest BCUT2D eigenvalue weighted by molar-refractivity contribution is 5.34. The van der Waals surface area contributed by atoms with Gasteiger partial charge in [-0.1, -0.05) is 19.1 Å². The number of halogens is 3. The molecule has 0 bridgehead atoms. The van der Waals surface area contributed by atoms with Crippen molar-refractivity contribution in [3.8, 4) is 5.75 Å². The predicted molar refractivity (Wildman–Crippen MR) is 71.9 cm³/mol. The number of hydrogen-bond acceptors (Lipinski definition) is 3. The monoisotopic (exact) mass is 299 g/mol. The fourth-order valence-electron chi connectivity index (χ4n) is 2.16. The van der Waals surface area contributed by atoms with Gasteiger partial charge in [0.05, 0.1) is 11.7 Å². The van der Waals surface area contributed by atoms with Crippen molar-refractivity contribution in [1.82, 2.24) is 15.1 Å². The van der Waals surface area contributed by atoms with Gasteiger partial charge in [0.15, 0.2) is 0 Å². The lowest BCUT2D eigenvalue weighted by molar-refractivity contribution is -0.274.